The Hall–Kier alpha value is -2.89. The molecule has 4 unspecified atom stereocenters. The largest absolute Gasteiger partial charge is 0.423 e. The molecule has 0 saturated carbocycles. The van der Waals surface area contributed by atoms with Crippen LogP contribution in [-0.2, 0) is 9.47 Å². The van der Waals surface area contributed by atoms with Gasteiger partial charge in [-0.2, -0.15) is 9.78 Å². The molecule has 2 saturated heterocycles. The molecule has 152 valence electrons. The molecular formula is C18H22N8O3. The second kappa shape index (κ2) is 7.50. The molecule has 4 atom stereocenters. The number of nitrogens with zero attached hydrogens (tertiary/aromatic N) is 7. The van der Waals surface area contributed by atoms with E-state index in [-0.39, 0.29) is 24.3 Å². The SMILES string of the molecule is CC(C)NC1COC2C1OCC2n1nnnc1Oc1ccc(-n2cncn2)cc1. The molecule has 0 radical (unpaired) electrons. The first-order valence-electron chi connectivity index (χ1n) is 9.59. The molecule has 4 heterocycles. The van der Waals surface area contributed by atoms with Crippen LogP contribution >= 0.6 is 0 Å². The molecule has 2 aliphatic heterocycles. The van der Waals surface area contributed by atoms with Gasteiger partial charge >= 0.3 is 6.01 Å². The number of tetrazole rings is 1. The van der Waals surface area contributed by atoms with Crippen molar-refractivity contribution in [2.24, 2.45) is 0 Å². The van der Waals surface area contributed by atoms with Gasteiger partial charge in [-0.25, -0.2) is 9.67 Å². The summed E-state index contributed by atoms with van der Waals surface area (Å²) >= 11 is 0. The van der Waals surface area contributed by atoms with E-state index in [0.717, 1.165) is 5.69 Å². The minimum absolute atomic E-state index is 0.0265. The van der Waals surface area contributed by atoms with Gasteiger partial charge in [0.1, 0.15) is 36.7 Å². The van der Waals surface area contributed by atoms with Gasteiger partial charge in [-0.15, -0.1) is 0 Å². The van der Waals surface area contributed by atoms with Crippen molar-refractivity contribution in [1.82, 2.24) is 40.3 Å². The van der Waals surface area contributed by atoms with Crippen molar-refractivity contribution < 1.29 is 14.2 Å². The van der Waals surface area contributed by atoms with Crippen LogP contribution in [0.1, 0.15) is 19.9 Å². The molecule has 0 bridgehead atoms. The van der Waals surface area contributed by atoms with Crippen molar-refractivity contribution in [3.8, 4) is 17.4 Å². The number of hydrogen-bond donors (Lipinski definition) is 1. The van der Waals surface area contributed by atoms with Crippen LogP contribution < -0.4 is 10.1 Å². The Labute approximate surface area is 167 Å². The van der Waals surface area contributed by atoms with Crippen LogP contribution in [0.25, 0.3) is 5.69 Å². The van der Waals surface area contributed by atoms with Crippen LogP contribution in [-0.4, -0.2) is 72.5 Å². The highest BCUT2D eigenvalue weighted by atomic mass is 16.6. The molecule has 1 aromatic carbocycles. The molecule has 29 heavy (non-hydrogen) atoms. The fraction of sp³-hybridized carbons (Fsp3) is 0.500. The number of nitrogens with one attached hydrogen (secondary N) is 1. The maximum atomic E-state index is 6.01. The van der Waals surface area contributed by atoms with E-state index in [0.29, 0.717) is 31.0 Å². The number of ether oxygens (including phenoxy) is 3. The van der Waals surface area contributed by atoms with E-state index in [2.05, 4.69) is 44.8 Å². The Morgan fingerprint density at radius 2 is 1.97 bits per heavy atom. The van der Waals surface area contributed by atoms with Crippen molar-refractivity contribution in [2.45, 2.75) is 44.2 Å². The Morgan fingerprint density at radius 3 is 2.72 bits per heavy atom. The standard InChI is InChI=1S/C18H22N8O3/c1-11(2)21-14-7-27-17-15(8-28-16(14)17)26-18(22-23-24-26)29-13-5-3-12(4-6-13)25-10-19-9-20-25/h3-6,9-11,14-17,21H,7-8H2,1-2H3. The highest BCUT2D eigenvalue weighted by molar-refractivity contribution is 5.37. The Bertz CT molecular complexity index is 942. The van der Waals surface area contributed by atoms with Crippen LogP contribution in [0.5, 0.6) is 11.8 Å². The van der Waals surface area contributed by atoms with E-state index >= 15 is 0 Å². The third-order valence-electron chi connectivity index (χ3n) is 5.08. The van der Waals surface area contributed by atoms with Crippen LogP contribution in [0.2, 0.25) is 0 Å². The normalized spacial score (nSPS) is 26.2. The van der Waals surface area contributed by atoms with E-state index < -0.39 is 0 Å². The fourth-order valence-electron chi connectivity index (χ4n) is 3.83. The highest BCUT2D eigenvalue weighted by Crippen LogP contribution is 2.36. The number of aromatic nitrogens is 7. The summed E-state index contributed by atoms with van der Waals surface area (Å²) in [5.41, 5.74) is 0.879. The fourth-order valence-corrected chi connectivity index (χ4v) is 3.83. The molecule has 2 aliphatic rings. The maximum Gasteiger partial charge on any atom is 0.341 e. The minimum atomic E-state index is -0.140. The van der Waals surface area contributed by atoms with Gasteiger partial charge in [0.05, 0.1) is 24.9 Å². The second-order valence-corrected chi connectivity index (χ2v) is 7.43. The summed E-state index contributed by atoms with van der Waals surface area (Å²) in [6.07, 6.45) is 2.98. The number of benzene rings is 1. The van der Waals surface area contributed by atoms with Gasteiger partial charge in [0.15, 0.2) is 0 Å². The number of hydrogen-bond acceptors (Lipinski definition) is 9. The lowest BCUT2D eigenvalue weighted by molar-refractivity contribution is 0.0610. The average molecular weight is 398 g/mol. The van der Waals surface area contributed by atoms with E-state index in [1.165, 1.54) is 6.33 Å². The molecule has 0 spiro atoms. The summed E-state index contributed by atoms with van der Waals surface area (Å²) < 4.78 is 21.3. The molecule has 0 aliphatic carbocycles. The lowest BCUT2D eigenvalue weighted by Gasteiger charge is -2.20. The van der Waals surface area contributed by atoms with Gasteiger partial charge < -0.3 is 19.5 Å². The van der Waals surface area contributed by atoms with Crippen LogP contribution in [0.4, 0.5) is 0 Å². The van der Waals surface area contributed by atoms with E-state index in [1.807, 2.05) is 24.3 Å². The molecule has 11 heteroatoms. The molecule has 1 N–H and O–H groups in total. The van der Waals surface area contributed by atoms with Gasteiger partial charge in [-0.3, -0.25) is 0 Å². The number of fused-ring (bicyclic) bond motifs is 1. The van der Waals surface area contributed by atoms with Crippen LogP contribution in [0, 0.1) is 0 Å². The summed E-state index contributed by atoms with van der Waals surface area (Å²) in [6, 6.07) is 8.12. The first kappa shape index (κ1) is 18.2. The van der Waals surface area contributed by atoms with E-state index in [4.69, 9.17) is 14.2 Å². The van der Waals surface area contributed by atoms with Gasteiger partial charge in [0, 0.05) is 6.04 Å². The zero-order valence-corrected chi connectivity index (χ0v) is 16.1. The third kappa shape index (κ3) is 3.48. The van der Waals surface area contributed by atoms with Gasteiger partial charge in [-0.1, -0.05) is 18.9 Å². The van der Waals surface area contributed by atoms with Crippen LogP contribution in [0.3, 0.4) is 0 Å². The zero-order valence-electron chi connectivity index (χ0n) is 16.1. The Balaban J connectivity index is 1.30. The maximum absolute atomic E-state index is 6.01. The molecule has 11 nitrogen and oxygen atoms in total. The summed E-state index contributed by atoms with van der Waals surface area (Å²) in [4.78, 5) is 3.95. The summed E-state index contributed by atoms with van der Waals surface area (Å²) in [6.45, 7) is 5.30. The summed E-state index contributed by atoms with van der Waals surface area (Å²) in [5.74, 6) is 0.618. The smallest absolute Gasteiger partial charge is 0.341 e. The first-order valence-corrected chi connectivity index (χ1v) is 9.59. The summed E-state index contributed by atoms with van der Waals surface area (Å²) in [5, 5.41) is 19.6. The zero-order chi connectivity index (χ0) is 19.8. The van der Waals surface area contributed by atoms with Crippen molar-refractivity contribution in [3.63, 3.8) is 0 Å². The van der Waals surface area contributed by atoms with Crippen molar-refractivity contribution in [1.29, 1.82) is 0 Å². The lowest BCUT2D eigenvalue weighted by atomic mass is 10.1. The average Bonchev–Trinajstić information content (AvgIpc) is 3.48. The number of rotatable bonds is 6. The van der Waals surface area contributed by atoms with Gasteiger partial charge in [0.25, 0.3) is 0 Å². The van der Waals surface area contributed by atoms with Gasteiger partial charge in [0.2, 0.25) is 0 Å². The minimum Gasteiger partial charge on any atom is -0.423 e. The quantitative estimate of drug-likeness (QED) is 0.642. The van der Waals surface area contributed by atoms with Crippen molar-refractivity contribution in [2.75, 3.05) is 13.2 Å². The predicted octanol–water partition coefficient (Wildman–Crippen LogP) is 0.751. The first-order chi connectivity index (χ1) is 14.2. The Kier molecular flexibility index (Phi) is 4.70. The monoisotopic (exact) mass is 398 g/mol. The molecular weight excluding hydrogens is 376 g/mol. The Morgan fingerprint density at radius 1 is 1.14 bits per heavy atom. The molecule has 2 aromatic heterocycles. The second-order valence-electron chi connectivity index (χ2n) is 7.43. The van der Waals surface area contributed by atoms with Crippen molar-refractivity contribution >= 4 is 0 Å². The lowest BCUT2D eigenvalue weighted by Crippen LogP contribution is -2.44. The predicted molar refractivity (Wildman–Crippen MR) is 99.8 cm³/mol. The van der Waals surface area contributed by atoms with Crippen molar-refractivity contribution in [3.05, 3.63) is 36.9 Å². The summed E-state index contributed by atoms with van der Waals surface area (Å²) in [7, 11) is 0. The van der Waals surface area contributed by atoms with E-state index in [1.54, 1.807) is 15.7 Å². The van der Waals surface area contributed by atoms with Crippen LogP contribution in [0.15, 0.2) is 36.9 Å². The topological polar surface area (TPSA) is 114 Å². The molecule has 3 aromatic rings. The highest BCUT2D eigenvalue weighted by Gasteiger charge is 2.49. The third-order valence-corrected chi connectivity index (χ3v) is 5.08. The molecule has 2 fully saturated rings. The molecule has 5 rings (SSSR count). The van der Waals surface area contributed by atoms with Gasteiger partial charge in [-0.05, 0) is 34.7 Å². The molecule has 0 amide bonds. The van der Waals surface area contributed by atoms with E-state index in [9.17, 15) is 0 Å².